The molecule has 0 saturated carbocycles. The highest BCUT2D eigenvalue weighted by Gasteiger charge is 2.49. The van der Waals surface area contributed by atoms with Crippen molar-refractivity contribution in [1.29, 1.82) is 0 Å². The Morgan fingerprint density at radius 2 is 1.93 bits per heavy atom. The molecule has 0 radical (unpaired) electrons. The van der Waals surface area contributed by atoms with Crippen molar-refractivity contribution in [2.45, 2.75) is 12.1 Å². The minimum atomic E-state index is -4.43. The van der Waals surface area contributed by atoms with Gasteiger partial charge in [-0.1, -0.05) is 34.1 Å². The molecule has 0 aliphatic rings. The predicted molar refractivity (Wildman–Crippen MR) is 50.6 cm³/mol. The number of halogens is 4. The van der Waals surface area contributed by atoms with E-state index in [1.165, 1.54) is 18.2 Å². The molecule has 0 bridgehead atoms. The van der Waals surface area contributed by atoms with Gasteiger partial charge < -0.3 is 5.11 Å². The molecule has 0 heterocycles. The van der Waals surface area contributed by atoms with E-state index in [4.69, 9.17) is 5.11 Å². The molecule has 0 aliphatic heterocycles. The first-order valence-corrected chi connectivity index (χ1v) is 4.66. The van der Waals surface area contributed by atoms with Crippen molar-refractivity contribution in [3.05, 3.63) is 34.3 Å². The molecule has 1 unspecified atom stereocenters. The largest absolute Gasteiger partial charge is 0.477 e. The number of rotatable bonds is 3. The van der Waals surface area contributed by atoms with Gasteiger partial charge in [0.05, 0.1) is 0 Å². The van der Waals surface area contributed by atoms with Crippen LogP contribution in [-0.2, 0) is 4.79 Å². The van der Waals surface area contributed by atoms with Gasteiger partial charge in [0.15, 0.2) is 0 Å². The van der Waals surface area contributed by atoms with E-state index in [0.717, 1.165) is 6.07 Å². The molecule has 0 aromatic heterocycles. The molecule has 2 nitrogen and oxygen atoms in total. The van der Waals surface area contributed by atoms with E-state index >= 15 is 0 Å². The van der Waals surface area contributed by atoms with Gasteiger partial charge in [0.1, 0.15) is 0 Å². The standard InChI is InChI=1S/C9H6BrF3O2/c10-6-4-2-1-3-5(6)7(11)9(12,13)8(14)15/h1-4,7H,(H,14,15). The van der Waals surface area contributed by atoms with E-state index in [0.29, 0.717) is 0 Å². The summed E-state index contributed by atoms with van der Waals surface area (Å²) in [7, 11) is 0. The molecule has 1 rings (SSSR count). The molecule has 82 valence electrons. The third kappa shape index (κ3) is 2.31. The van der Waals surface area contributed by atoms with Crippen LogP contribution in [0.25, 0.3) is 0 Å². The highest BCUT2D eigenvalue weighted by Crippen LogP contribution is 2.38. The zero-order valence-corrected chi connectivity index (χ0v) is 8.84. The molecule has 1 N–H and O–H groups in total. The Balaban J connectivity index is 3.10. The second-order valence-corrected chi connectivity index (χ2v) is 3.67. The van der Waals surface area contributed by atoms with Crippen LogP contribution in [0.1, 0.15) is 11.7 Å². The summed E-state index contributed by atoms with van der Waals surface area (Å²) >= 11 is 2.87. The highest BCUT2D eigenvalue weighted by atomic mass is 79.9. The number of alkyl halides is 3. The zero-order chi connectivity index (χ0) is 11.6. The molecule has 0 aliphatic carbocycles. The van der Waals surface area contributed by atoms with Crippen molar-refractivity contribution in [2.24, 2.45) is 0 Å². The summed E-state index contributed by atoms with van der Waals surface area (Å²) in [6.07, 6.45) is -2.87. The number of carboxylic acids is 1. The van der Waals surface area contributed by atoms with Gasteiger partial charge in [-0.2, -0.15) is 8.78 Å². The molecule has 0 spiro atoms. The number of carbonyl (C=O) groups is 1. The van der Waals surface area contributed by atoms with Gasteiger partial charge in [0.25, 0.3) is 0 Å². The van der Waals surface area contributed by atoms with Crippen LogP contribution in [0.5, 0.6) is 0 Å². The Kier molecular flexibility index (Phi) is 3.38. The van der Waals surface area contributed by atoms with Crippen molar-refractivity contribution < 1.29 is 23.1 Å². The third-order valence-electron chi connectivity index (χ3n) is 1.78. The molecule has 0 fully saturated rings. The van der Waals surface area contributed by atoms with Crippen LogP contribution >= 0.6 is 15.9 Å². The van der Waals surface area contributed by atoms with Crippen LogP contribution in [0.2, 0.25) is 0 Å². The lowest BCUT2D eigenvalue weighted by atomic mass is 10.1. The molecule has 1 aromatic carbocycles. The van der Waals surface area contributed by atoms with Gasteiger partial charge in [-0.25, -0.2) is 9.18 Å². The summed E-state index contributed by atoms with van der Waals surface area (Å²) in [5.74, 6) is -6.91. The third-order valence-corrected chi connectivity index (χ3v) is 2.50. The van der Waals surface area contributed by atoms with E-state index in [1.807, 2.05) is 0 Å². The van der Waals surface area contributed by atoms with Crippen molar-refractivity contribution in [3.63, 3.8) is 0 Å². The minimum Gasteiger partial charge on any atom is -0.477 e. The van der Waals surface area contributed by atoms with Gasteiger partial charge >= 0.3 is 11.9 Å². The molecule has 0 amide bonds. The highest BCUT2D eigenvalue weighted by molar-refractivity contribution is 9.10. The van der Waals surface area contributed by atoms with Gasteiger partial charge in [0, 0.05) is 10.0 Å². The van der Waals surface area contributed by atoms with E-state index in [2.05, 4.69) is 15.9 Å². The van der Waals surface area contributed by atoms with Gasteiger partial charge in [-0.15, -0.1) is 0 Å². The summed E-state index contributed by atoms with van der Waals surface area (Å²) in [4.78, 5) is 10.1. The maximum atomic E-state index is 13.3. The first-order valence-electron chi connectivity index (χ1n) is 3.87. The van der Waals surface area contributed by atoms with Crippen LogP contribution in [-0.4, -0.2) is 17.0 Å². The summed E-state index contributed by atoms with van der Waals surface area (Å²) < 4.78 is 39.0. The van der Waals surface area contributed by atoms with Gasteiger partial charge in [0.2, 0.25) is 6.17 Å². The van der Waals surface area contributed by atoms with Crippen molar-refractivity contribution in [2.75, 3.05) is 0 Å². The van der Waals surface area contributed by atoms with Gasteiger partial charge in [-0.3, -0.25) is 0 Å². The molecule has 6 heteroatoms. The molecule has 15 heavy (non-hydrogen) atoms. The predicted octanol–water partition coefficient (Wildman–Crippen LogP) is 3.18. The van der Waals surface area contributed by atoms with Crippen LogP contribution in [0, 0.1) is 0 Å². The number of hydrogen-bond donors (Lipinski definition) is 1. The first kappa shape index (κ1) is 12.0. The van der Waals surface area contributed by atoms with Crippen molar-refractivity contribution >= 4 is 21.9 Å². The Morgan fingerprint density at radius 1 is 1.40 bits per heavy atom. The Bertz CT molecular complexity index is 381. The summed E-state index contributed by atoms with van der Waals surface area (Å²) in [6, 6.07) is 5.33. The Morgan fingerprint density at radius 3 is 2.40 bits per heavy atom. The van der Waals surface area contributed by atoms with Crippen LogP contribution < -0.4 is 0 Å². The van der Waals surface area contributed by atoms with Crippen LogP contribution in [0.3, 0.4) is 0 Å². The fourth-order valence-corrected chi connectivity index (χ4v) is 1.47. The topological polar surface area (TPSA) is 37.3 Å². The molecule has 1 atom stereocenters. The summed E-state index contributed by atoms with van der Waals surface area (Å²) in [6.45, 7) is 0. The number of carboxylic acid groups (broad SMARTS) is 1. The van der Waals surface area contributed by atoms with E-state index in [9.17, 15) is 18.0 Å². The SMILES string of the molecule is O=C(O)C(F)(F)C(F)c1ccccc1Br. The smallest absolute Gasteiger partial charge is 0.378 e. The summed E-state index contributed by atoms with van der Waals surface area (Å²) in [5, 5.41) is 8.16. The summed E-state index contributed by atoms with van der Waals surface area (Å²) in [5.41, 5.74) is -0.384. The maximum absolute atomic E-state index is 13.3. The fraction of sp³-hybridized carbons (Fsp3) is 0.222. The molecule has 1 aromatic rings. The second-order valence-electron chi connectivity index (χ2n) is 2.81. The minimum absolute atomic E-state index is 0.110. The zero-order valence-electron chi connectivity index (χ0n) is 7.25. The van der Waals surface area contributed by atoms with E-state index in [-0.39, 0.29) is 10.0 Å². The number of hydrogen-bond acceptors (Lipinski definition) is 1. The second kappa shape index (κ2) is 4.22. The van der Waals surface area contributed by atoms with Crippen molar-refractivity contribution in [3.8, 4) is 0 Å². The van der Waals surface area contributed by atoms with Crippen LogP contribution in [0.4, 0.5) is 13.2 Å². The Hall–Kier alpha value is -1.04. The Labute approximate surface area is 91.8 Å². The molecular weight excluding hydrogens is 277 g/mol. The average molecular weight is 283 g/mol. The molecular formula is C9H6BrF3O2. The van der Waals surface area contributed by atoms with Crippen molar-refractivity contribution in [1.82, 2.24) is 0 Å². The number of aliphatic carboxylic acids is 1. The quantitative estimate of drug-likeness (QED) is 0.925. The normalized spacial score (nSPS) is 13.6. The number of benzene rings is 1. The monoisotopic (exact) mass is 282 g/mol. The lowest BCUT2D eigenvalue weighted by Crippen LogP contribution is -2.33. The lowest BCUT2D eigenvalue weighted by Gasteiger charge is -2.17. The van der Waals surface area contributed by atoms with E-state index < -0.39 is 18.1 Å². The average Bonchev–Trinajstić information content (AvgIpc) is 2.17. The van der Waals surface area contributed by atoms with Crippen LogP contribution in [0.15, 0.2) is 28.7 Å². The fourth-order valence-electron chi connectivity index (χ4n) is 0.984. The lowest BCUT2D eigenvalue weighted by molar-refractivity contribution is -0.175. The molecule has 0 saturated heterocycles. The maximum Gasteiger partial charge on any atom is 0.378 e. The first-order chi connectivity index (χ1) is 6.87. The van der Waals surface area contributed by atoms with Gasteiger partial charge in [-0.05, 0) is 6.07 Å². The van der Waals surface area contributed by atoms with E-state index in [1.54, 1.807) is 0 Å².